The Morgan fingerprint density at radius 3 is 3.11 bits per heavy atom. The molecule has 0 aliphatic carbocycles. The second-order valence-corrected chi connectivity index (χ2v) is 4.29. The fourth-order valence-corrected chi connectivity index (χ4v) is 1.96. The molecule has 0 radical (unpaired) electrons. The number of fused-ring (bicyclic) bond motifs is 3. The molecular weight excluding hydrogens is 244 g/mol. The van der Waals surface area contributed by atoms with Crippen molar-refractivity contribution in [1.29, 1.82) is 0 Å². The number of aryl methyl sites for hydroxylation is 1. The molecule has 19 heavy (non-hydrogen) atoms. The van der Waals surface area contributed by atoms with Gasteiger partial charge >= 0.3 is 0 Å². The molecule has 2 aromatic heterocycles. The van der Waals surface area contributed by atoms with Crippen LogP contribution in [0.15, 0.2) is 18.2 Å². The van der Waals surface area contributed by atoms with Crippen molar-refractivity contribution < 1.29 is 4.74 Å². The Balaban J connectivity index is 2.15. The second-order valence-electron chi connectivity index (χ2n) is 4.29. The van der Waals surface area contributed by atoms with E-state index in [-0.39, 0.29) is 0 Å². The van der Waals surface area contributed by atoms with Crippen molar-refractivity contribution in [3.05, 3.63) is 23.8 Å². The standard InChI is InChI=1S/C12H14N6O/c1-8-3-4-9-10(7-8)18-12(15-16-17-18)11(14-9)13-5-6-19-2/h3-4,7H,5-6H2,1-2H3,(H,13,14). The quantitative estimate of drug-likeness (QED) is 0.704. The first-order chi connectivity index (χ1) is 9.29. The number of nitrogens with one attached hydrogen (secondary N) is 1. The van der Waals surface area contributed by atoms with Crippen LogP contribution >= 0.6 is 0 Å². The minimum absolute atomic E-state index is 0.599. The summed E-state index contributed by atoms with van der Waals surface area (Å²) in [5.41, 5.74) is 3.52. The lowest BCUT2D eigenvalue weighted by Gasteiger charge is -2.08. The van der Waals surface area contributed by atoms with Crippen molar-refractivity contribution in [2.45, 2.75) is 6.92 Å². The van der Waals surface area contributed by atoms with E-state index in [0.717, 1.165) is 16.6 Å². The number of rotatable bonds is 4. The van der Waals surface area contributed by atoms with E-state index in [9.17, 15) is 0 Å². The van der Waals surface area contributed by atoms with Crippen LogP contribution in [0.3, 0.4) is 0 Å². The largest absolute Gasteiger partial charge is 0.383 e. The maximum absolute atomic E-state index is 5.01. The maximum atomic E-state index is 5.01. The summed E-state index contributed by atoms with van der Waals surface area (Å²) in [5, 5.41) is 14.9. The molecule has 2 heterocycles. The zero-order chi connectivity index (χ0) is 13.2. The van der Waals surface area contributed by atoms with Gasteiger partial charge in [-0.15, -0.1) is 5.10 Å². The molecule has 7 heteroatoms. The normalized spacial score (nSPS) is 11.3. The smallest absolute Gasteiger partial charge is 0.222 e. The number of ether oxygens (including phenoxy) is 1. The molecule has 0 saturated carbocycles. The Morgan fingerprint density at radius 1 is 1.37 bits per heavy atom. The van der Waals surface area contributed by atoms with Crippen LogP contribution in [0, 0.1) is 6.92 Å². The lowest BCUT2D eigenvalue weighted by atomic mass is 10.2. The Bertz CT molecular complexity index is 723. The first-order valence-corrected chi connectivity index (χ1v) is 6.01. The number of hydrogen-bond donors (Lipinski definition) is 1. The van der Waals surface area contributed by atoms with Crippen LogP contribution in [-0.2, 0) is 4.74 Å². The SMILES string of the molecule is COCCNc1nc2ccc(C)cc2n2nnnc12. The monoisotopic (exact) mass is 258 g/mol. The first-order valence-electron chi connectivity index (χ1n) is 6.01. The van der Waals surface area contributed by atoms with Crippen molar-refractivity contribution >= 4 is 22.5 Å². The van der Waals surface area contributed by atoms with Crippen molar-refractivity contribution in [3.8, 4) is 0 Å². The molecule has 0 aliphatic rings. The maximum Gasteiger partial charge on any atom is 0.222 e. The van der Waals surface area contributed by atoms with Crippen LogP contribution in [-0.4, -0.2) is 45.3 Å². The van der Waals surface area contributed by atoms with E-state index in [0.29, 0.717) is 24.6 Å². The van der Waals surface area contributed by atoms with E-state index in [2.05, 4.69) is 25.8 Å². The molecule has 98 valence electrons. The third-order valence-corrected chi connectivity index (χ3v) is 2.87. The van der Waals surface area contributed by atoms with Gasteiger partial charge in [0.05, 0.1) is 17.6 Å². The molecular formula is C12H14N6O. The predicted molar refractivity (Wildman–Crippen MR) is 71.2 cm³/mol. The third kappa shape index (κ3) is 2.08. The summed E-state index contributed by atoms with van der Waals surface area (Å²) in [6.07, 6.45) is 0. The molecule has 3 aromatic rings. The molecule has 0 saturated heterocycles. The van der Waals surface area contributed by atoms with Crippen molar-refractivity contribution in [3.63, 3.8) is 0 Å². The minimum Gasteiger partial charge on any atom is -0.383 e. The molecule has 1 aromatic carbocycles. The van der Waals surface area contributed by atoms with Crippen LogP contribution in [0.2, 0.25) is 0 Å². The zero-order valence-electron chi connectivity index (χ0n) is 10.8. The van der Waals surface area contributed by atoms with Gasteiger partial charge in [-0.2, -0.15) is 4.52 Å². The summed E-state index contributed by atoms with van der Waals surface area (Å²) in [6, 6.07) is 6.00. The van der Waals surface area contributed by atoms with Crippen LogP contribution in [0.5, 0.6) is 0 Å². The number of hydrogen-bond acceptors (Lipinski definition) is 6. The number of aromatic nitrogens is 5. The summed E-state index contributed by atoms with van der Waals surface area (Å²) >= 11 is 0. The molecule has 0 unspecified atom stereocenters. The van der Waals surface area contributed by atoms with Gasteiger partial charge in [0.15, 0.2) is 5.82 Å². The van der Waals surface area contributed by atoms with E-state index >= 15 is 0 Å². The number of nitrogens with zero attached hydrogens (tertiary/aromatic N) is 5. The third-order valence-electron chi connectivity index (χ3n) is 2.87. The highest BCUT2D eigenvalue weighted by Gasteiger charge is 2.11. The number of anilines is 1. The lowest BCUT2D eigenvalue weighted by molar-refractivity contribution is 0.210. The number of benzene rings is 1. The van der Waals surface area contributed by atoms with Crippen LogP contribution in [0.25, 0.3) is 16.7 Å². The molecule has 7 nitrogen and oxygen atoms in total. The Hall–Kier alpha value is -2.28. The van der Waals surface area contributed by atoms with Crippen molar-refractivity contribution in [2.24, 2.45) is 0 Å². The molecule has 0 aliphatic heterocycles. The topological polar surface area (TPSA) is 77.2 Å². The van der Waals surface area contributed by atoms with Crippen LogP contribution in [0.1, 0.15) is 5.56 Å². The van der Waals surface area contributed by atoms with E-state index in [1.165, 1.54) is 0 Å². The Kier molecular flexibility index (Phi) is 2.96. The highest BCUT2D eigenvalue weighted by Crippen LogP contribution is 2.19. The van der Waals surface area contributed by atoms with Crippen molar-refractivity contribution in [1.82, 2.24) is 25.0 Å². The molecule has 0 bridgehead atoms. The van der Waals surface area contributed by atoms with E-state index in [1.54, 1.807) is 11.6 Å². The van der Waals surface area contributed by atoms with Gasteiger partial charge in [-0.3, -0.25) is 0 Å². The zero-order valence-corrected chi connectivity index (χ0v) is 10.8. The van der Waals surface area contributed by atoms with Gasteiger partial charge in [0.25, 0.3) is 0 Å². The average Bonchev–Trinajstić information content (AvgIpc) is 2.89. The highest BCUT2D eigenvalue weighted by molar-refractivity contribution is 5.82. The second kappa shape index (κ2) is 4.77. The van der Waals surface area contributed by atoms with Gasteiger partial charge in [-0.05, 0) is 35.0 Å². The van der Waals surface area contributed by atoms with Gasteiger partial charge in [-0.25, -0.2) is 4.98 Å². The number of methoxy groups -OCH3 is 1. The summed E-state index contributed by atoms with van der Waals surface area (Å²) in [7, 11) is 1.66. The highest BCUT2D eigenvalue weighted by atomic mass is 16.5. The summed E-state index contributed by atoms with van der Waals surface area (Å²) in [4.78, 5) is 4.56. The predicted octanol–water partition coefficient (Wildman–Crippen LogP) is 1.04. The molecule has 0 spiro atoms. The molecule has 0 atom stereocenters. The summed E-state index contributed by atoms with van der Waals surface area (Å²) < 4.78 is 6.71. The van der Waals surface area contributed by atoms with Crippen molar-refractivity contribution in [2.75, 3.05) is 25.6 Å². The summed E-state index contributed by atoms with van der Waals surface area (Å²) in [6.45, 7) is 3.28. The molecule has 1 N–H and O–H groups in total. The van der Waals surface area contributed by atoms with Gasteiger partial charge in [0, 0.05) is 13.7 Å². The average molecular weight is 258 g/mol. The minimum atomic E-state index is 0.599. The van der Waals surface area contributed by atoms with Crippen LogP contribution in [0.4, 0.5) is 5.82 Å². The van der Waals surface area contributed by atoms with E-state index < -0.39 is 0 Å². The fraction of sp³-hybridized carbons (Fsp3) is 0.333. The van der Waals surface area contributed by atoms with Gasteiger partial charge in [-0.1, -0.05) is 6.07 Å². The Labute approximate surface area is 109 Å². The van der Waals surface area contributed by atoms with Crippen LogP contribution < -0.4 is 5.32 Å². The summed E-state index contributed by atoms with van der Waals surface area (Å²) in [5.74, 6) is 0.665. The molecule has 3 rings (SSSR count). The first kappa shape index (κ1) is 11.8. The van der Waals surface area contributed by atoms with E-state index in [4.69, 9.17) is 4.74 Å². The van der Waals surface area contributed by atoms with Gasteiger partial charge in [0.1, 0.15) is 0 Å². The van der Waals surface area contributed by atoms with E-state index in [1.807, 2.05) is 25.1 Å². The Morgan fingerprint density at radius 2 is 2.26 bits per heavy atom. The lowest BCUT2D eigenvalue weighted by Crippen LogP contribution is -2.10. The fourth-order valence-electron chi connectivity index (χ4n) is 1.96. The molecule has 0 amide bonds. The van der Waals surface area contributed by atoms with Gasteiger partial charge in [0.2, 0.25) is 5.65 Å². The van der Waals surface area contributed by atoms with Gasteiger partial charge < -0.3 is 10.1 Å². The molecule has 0 fully saturated rings. The number of tetrazole rings is 1.